The summed E-state index contributed by atoms with van der Waals surface area (Å²) in [6.45, 7) is 4.87. The van der Waals surface area contributed by atoms with Crippen molar-refractivity contribution in [2.45, 2.75) is 6.92 Å². The van der Waals surface area contributed by atoms with Crippen LogP contribution in [0.2, 0.25) is 0 Å². The smallest absolute Gasteiger partial charge is 0.246 e. The highest BCUT2D eigenvalue weighted by atomic mass is 16.7. The number of benzene rings is 1. The van der Waals surface area contributed by atoms with Crippen LogP contribution in [0.15, 0.2) is 42.6 Å². The molecular formula is C19H20N4O3. The number of aromatic nitrogens is 2. The number of carbonyl (C=O) groups is 1. The van der Waals surface area contributed by atoms with Crippen molar-refractivity contribution in [1.82, 2.24) is 14.9 Å². The first-order chi connectivity index (χ1) is 12.7. The zero-order valence-corrected chi connectivity index (χ0v) is 14.6. The molecule has 1 aromatic heterocycles. The molecular weight excluding hydrogens is 332 g/mol. The van der Waals surface area contributed by atoms with Crippen molar-refractivity contribution in [2.75, 3.05) is 37.9 Å². The lowest BCUT2D eigenvalue weighted by Gasteiger charge is -2.34. The first-order valence-electron chi connectivity index (χ1n) is 8.64. The van der Waals surface area contributed by atoms with E-state index in [4.69, 9.17) is 14.5 Å². The van der Waals surface area contributed by atoms with Crippen LogP contribution in [0.3, 0.4) is 0 Å². The zero-order chi connectivity index (χ0) is 17.9. The first-order valence-corrected chi connectivity index (χ1v) is 8.64. The molecule has 0 bridgehead atoms. The van der Waals surface area contributed by atoms with Gasteiger partial charge in [0.2, 0.25) is 18.6 Å². The van der Waals surface area contributed by atoms with Crippen molar-refractivity contribution in [3.63, 3.8) is 0 Å². The van der Waals surface area contributed by atoms with Gasteiger partial charge in [0.15, 0.2) is 11.5 Å². The van der Waals surface area contributed by atoms with Crippen LogP contribution in [0.25, 0.3) is 11.3 Å². The minimum absolute atomic E-state index is 0.0576. The highest BCUT2D eigenvalue weighted by Gasteiger charge is 2.22. The molecule has 0 radical (unpaired) electrons. The van der Waals surface area contributed by atoms with E-state index in [2.05, 4.69) is 9.88 Å². The van der Waals surface area contributed by atoms with Gasteiger partial charge in [0.05, 0.1) is 5.69 Å². The summed E-state index contributed by atoms with van der Waals surface area (Å²) >= 11 is 0. The van der Waals surface area contributed by atoms with E-state index in [0.29, 0.717) is 32.1 Å². The number of ether oxygens (including phenoxy) is 2. The Hall–Kier alpha value is -3.09. The van der Waals surface area contributed by atoms with Crippen LogP contribution < -0.4 is 14.4 Å². The van der Waals surface area contributed by atoms with Gasteiger partial charge >= 0.3 is 0 Å². The number of anilines is 1. The molecule has 0 spiro atoms. The van der Waals surface area contributed by atoms with E-state index in [9.17, 15) is 4.79 Å². The second kappa shape index (κ2) is 7.03. The average Bonchev–Trinajstić information content (AvgIpc) is 3.16. The molecule has 7 nitrogen and oxygen atoms in total. The standard InChI is InChI=1S/C19H20N4O3/c1-2-3-18(24)22-8-10-23(11-9-22)19-20-7-6-15(21-19)14-4-5-16-17(12-14)26-13-25-16/h2-7,12H,8-11,13H2,1H3/b3-2+. The second-order valence-electron chi connectivity index (χ2n) is 6.12. The molecule has 0 saturated carbocycles. The summed E-state index contributed by atoms with van der Waals surface area (Å²) in [7, 11) is 0. The SMILES string of the molecule is C/C=C/C(=O)N1CCN(c2nccc(-c3ccc4c(c3)OCO4)n2)CC1. The summed E-state index contributed by atoms with van der Waals surface area (Å²) in [5.74, 6) is 2.23. The normalized spacial score (nSPS) is 16.3. The fourth-order valence-corrected chi connectivity index (χ4v) is 3.09. The molecule has 7 heteroatoms. The number of hydrogen-bond donors (Lipinski definition) is 0. The molecule has 1 amide bonds. The Morgan fingerprint density at radius 1 is 1.12 bits per heavy atom. The van der Waals surface area contributed by atoms with Gasteiger partial charge < -0.3 is 19.3 Å². The van der Waals surface area contributed by atoms with Gasteiger partial charge in [0.25, 0.3) is 0 Å². The minimum atomic E-state index is 0.0576. The Labute approximate surface area is 151 Å². The van der Waals surface area contributed by atoms with E-state index < -0.39 is 0 Å². The number of carbonyl (C=O) groups excluding carboxylic acids is 1. The van der Waals surface area contributed by atoms with E-state index in [1.54, 1.807) is 18.3 Å². The van der Waals surface area contributed by atoms with E-state index in [1.165, 1.54) is 0 Å². The van der Waals surface area contributed by atoms with Gasteiger partial charge in [-0.25, -0.2) is 9.97 Å². The van der Waals surface area contributed by atoms with Crippen LogP contribution >= 0.6 is 0 Å². The lowest BCUT2D eigenvalue weighted by molar-refractivity contribution is -0.126. The van der Waals surface area contributed by atoms with Crippen LogP contribution in [0.5, 0.6) is 11.5 Å². The predicted octanol–water partition coefficient (Wildman–Crippen LogP) is 2.10. The van der Waals surface area contributed by atoms with E-state index in [1.807, 2.05) is 36.1 Å². The maximum Gasteiger partial charge on any atom is 0.246 e. The molecule has 1 fully saturated rings. The number of nitrogens with zero attached hydrogens (tertiary/aromatic N) is 4. The van der Waals surface area contributed by atoms with Gasteiger partial charge in [0, 0.05) is 37.9 Å². The van der Waals surface area contributed by atoms with E-state index >= 15 is 0 Å². The fourth-order valence-electron chi connectivity index (χ4n) is 3.09. The number of piperazine rings is 1. The fraction of sp³-hybridized carbons (Fsp3) is 0.316. The quantitative estimate of drug-likeness (QED) is 0.788. The number of fused-ring (bicyclic) bond motifs is 1. The zero-order valence-electron chi connectivity index (χ0n) is 14.6. The van der Waals surface area contributed by atoms with Crippen molar-refractivity contribution in [3.8, 4) is 22.8 Å². The molecule has 26 heavy (non-hydrogen) atoms. The molecule has 134 valence electrons. The van der Waals surface area contributed by atoms with Crippen LogP contribution in [-0.2, 0) is 4.79 Å². The summed E-state index contributed by atoms with van der Waals surface area (Å²) in [5.41, 5.74) is 1.79. The maximum absolute atomic E-state index is 11.9. The summed E-state index contributed by atoms with van der Waals surface area (Å²) in [5, 5.41) is 0. The minimum Gasteiger partial charge on any atom is -0.454 e. The third-order valence-corrected chi connectivity index (χ3v) is 4.49. The third kappa shape index (κ3) is 3.20. The Morgan fingerprint density at radius 2 is 1.92 bits per heavy atom. The second-order valence-corrected chi connectivity index (χ2v) is 6.12. The van der Waals surface area contributed by atoms with E-state index in [0.717, 1.165) is 22.8 Å². The van der Waals surface area contributed by atoms with Gasteiger partial charge in [-0.05, 0) is 37.3 Å². The van der Waals surface area contributed by atoms with Crippen LogP contribution in [-0.4, -0.2) is 53.7 Å². The van der Waals surface area contributed by atoms with Crippen LogP contribution in [0, 0.1) is 0 Å². The van der Waals surface area contributed by atoms with Gasteiger partial charge in [-0.3, -0.25) is 4.79 Å². The van der Waals surface area contributed by atoms with Gasteiger partial charge in [0.1, 0.15) is 0 Å². The molecule has 2 aliphatic rings. The number of hydrogen-bond acceptors (Lipinski definition) is 6. The van der Waals surface area contributed by atoms with Crippen molar-refractivity contribution < 1.29 is 14.3 Å². The van der Waals surface area contributed by atoms with Crippen LogP contribution in [0.1, 0.15) is 6.92 Å². The topological polar surface area (TPSA) is 67.8 Å². The third-order valence-electron chi connectivity index (χ3n) is 4.49. The summed E-state index contributed by atoms with van der Waals surface area (Å²) in [6, 6.07) is 7.67. The highest BCUT2D eigenvalue weighted by Crippen LogP contribution is 2.35. The molecule has 2 aliphatic heterocycles. The van der Waals surface area contributed by atoms with Gasteiger partial charge in [-0.1, -0.05) is 6.08 Å². The summed E-state index contributed by atoms with van der Waals surface area (Å²) in [4.78, 5) is 25.0. The van der Waals surface area contributed by atoms with Gasteiger partial charge in [-0.15, -0.1) is 0 Å². The Balaban J connectivity index is 1.49. The Bertz CT molecular complexity index is 844. The first kappa shape index (κ1) is 16.4. The summed E-state index contributed by atoms with van der Waals surface area (Å²) in [6.07, 6.45) is 5.14. The molecule has 0 aliphatic carbocycles. The molecule has 1 saturated heterocycles. The maximum atomic E-state index is 11.9. The van der Waals surface area contributed by atoms with Crippen molar-refractivity contribution >= 4 is 11.9 Å². The molecule has 0 unspecified atom stereocenters. The van der Waals surface area contributed by atoms with E-state index in [-0.39, 0.29) is 12.7 Å². The van der Waals surface area contributed by atoms with Crippen LogP contribution in [0.4, 0.5) is 5.95 Å². The lowest BCUT2D eigenvalue weighted by Crippen LogP contribution is -2.48. The Morgan fingerprint density at radius 3 is 2.73 bits per heavy atom. The Kier molecular flexibility index (Phi) is 4.43. The van der Waals surface area contributed by atoms with Gasteiger partial charge in [-0.2, -0.15) is 0 Å². The number of rotatable bonds is 3. The average molecular weight is 352 g/mol. The monoisotopic (exact) mass is 352 g/mol. The molecule has 4 rings (SSSR count). The van der Waals surface area contributed by atoms with Crippen molar-refractivity contribution in [1.29, 1.82) is 0 Å². The highest BCUT2D eigenvalue weighted by molar-refractivity contribution is 5.87. The molecule has 2 aromatic rings. The van der Waals surface area contributed by atoms with Crippen molar-refractivity contribution in [3.05, 3.63) is 42.6 Å². The molecule has 0 atom stereocenters. The molecule has 1 aromatic carbocycles. The molecule has 3 heterocycles. The number of amides is 1. The van der Waals surface area contributed by atoms with Crippen molar-refractivity contribution in [2.24, 2.45) is 0 Å². The lowest BCUT2D eigenvalue weighted by atomic mass is 10.1. The largest absolute Gasteiger partial charge is 0.454 e. The summed E-state index contributed by atoms with van der Waals surface area (Å²) < 4.78 is 10.8. The molecule has 0 N–H and O–H groups in total. The number of allylic oxidation sites excluding steroid dienone is 1. The predicted molar refractivity (Wildman–Crippen MR) is 97.2 cm³/mol.